The zero-order valence-electron chi connectivity index (χ0n) is 5.75. The van der Waals surface area contributed by atoms with Gasteiger partial charge >= 0.3 is 0 Å². The van der Waals surface area contributed by atoms with Crippen LogP contribution in [0.5, 0.6) is 0 Å². The maximum absolute atomic E-state index is 3.75. The normalized spacial score (nSPS) is 32.6. The van der Waals surface area contributed by atoms with Crippen LogP contribution in [-0.2, 0) is 0 Å². The molecule has 0 radical (unpaired) electrons. The maximum atomic E-state index is 3.75. The van der Waals surface area contributed by atoms with Crippen molar-refractivity contribution in [3.8, 4) is 0 Å². The van der Waals surface area contributed by atoms with Crippen LogP contribution >= 0.6 is 0 Å². The summed E-state index contributed by atoms with van der Waals surface area (Å²) in [7, 11) is 0. The number of hydrogen-bond donors (Lipinski definition) is 0. The largest absolute Gasteiger partial charge is 0.102 e. The van der Waals surface area contributed by atoms with Crippen molar-refractivity contribution in [1.82, 2.24) is 0 Å². The Labute approximate surface area is 56.6 Å². The Morgan fingerprint density at radius 1 is 1.33 bits per heavy atom. The van der Waals surface area contributed by atoms with Gasteiger partial charge in [-0.2, -0.15) is 0 Å². The molecule has 0 heterocycles. The zero-order chi connectivity index (χ0) is 6.69. The van der Waals surface area contributed by atoms with Crippen LogP contribution in [0.4, 0.5) is 0 Å². The highest BCUT2D eigenvalue weighted by molar-refractivity contribution is 5.16. The van der Waals surface area contributed by atoms with Gasteiger partial charge in [0.05, 0.1) is 0 Å². The second kappa shape index (κ2) is 2.67. The van der Waals surface area contributed by atoms with Crippen LogP contribution in [0.2, 0.25) is 0 Å². The molecule has 1 aliphatic carbocycles. The van der Waals surface area contributed by atoms with E-state index in [0.29, 0.717) is 11.8 Å². The summed E-state index contributed by atoms with van der Waals surface area (Å²) in [5, 5.41) is 0. The quantitative estimate of drug-likeness (QED) is 0.466. The number of hydrogen-bond acceptors (Lipinski definition) is 0. The molecule has 2 atom stereocenters. The third kappa shape index (κ3) is 1.32. The van der Waals surface area contributed by atoms with E-state index in [0.717, 1.165) is 0 Å². The lowest BCUT2D eigenvalue weighted by Crippen LogP contribution is -2.04. The predicted octanol–water partition coefficient (Wildman–Crippen LogP) is 2.55. The van der Waals surface area contributed by atoms with Crippen LogP contribution in [-0.4, -0.2) is 0 Å². The van der Waals surface area contributed by atoms with Crippen LogP contribution in [0.15, 0.2) is 37.0 Å². The summed E-state index contributed by atoms with van der Waals surface area (Å²) in [6.07, 6.45) is 10.5. The maximum Gasteiger partial charge on any atom is 0.000727 e. The topological polar surface area (TPSA) is 0 Å². The molecule has 0 fully saturated rings. The molecule has 48 valence electrons. The Morgan fingerprint density at radius 3 is 2.44 bits per heavy atom. The summed E-state index contributed by atoms with van der Waals surface area (Å²) < 4.78 is 0. The molecule has 0 N–H and O–H groups in total. The van der Waals surface area contributed by atoms with Crippen molar-refractivity contribution in [3.05, 3.63) is 37.0 Å². The Balaban J connectivity index is 2.65. The SMILES string of the molecule is C=CC1C=CC=CC1C. The van der Waals surface area contributed by atoms with Crippen LogP contribution in [0.1, 0.15) is 6.92 Å². The summed E-state index contributed by atoms with van der Waals surface area (Å²) in [6.45, 7) is 5.95. The fourth-order valence-electron chi connectivity index (χ4n) is 1.03. The van der Waals surface area contributed by atoms with Crippen molar-refractivity contribution in [2.24, 2.45) is 11.8 Å². The minimum atomic E-state index is 0.551. The predicted molar refractivity (Wildman–Crippen MR) is 41.1 cm³/mol. The van der Waals surface area contributed by atoms with Gasteiger partial charge in [0, 0.05) is 5.92 Å². The summed E-state index contributed by atoms with van der Waals surface area (Å²) in [5.74, 6) is 1.18. The standard InChI is InChI=1S/C9H12/c1-3-9-7-5-4-6-8(9)2/h3-9H,1H2,2H3. The highest BCUT2D eigenvalue weighted by atomic mass is 14.1. The smallest absolute Gasteiger partial charge is 0.000727 e. The van der Waals surface area contributed by atoms with E-state index in [9.17, 15) is 0 Å². The van der Waals surface area contributed by atoms with Gasteiger partial charge in [-0.05, 0) is 5.92 Å². The molecule has 0 heteroatoms. The Kier molecular flexibility index (Phi) is 1.88. The lowest BCUT2D eigenvalue weighted by atomic mass is 9.90. The summed E-state index contributed by atoms with van der Waals surface area (Å²) in [5.41, 5.74) is 0. The fourth-order valence-corrected chi connectivity index (χ4v) is 1.03. The van der Waals surface area contributed by atoms with E-state index in [2.05, 4.69) is 37.8 Å². The van der Waals surface area contributed by atoms with Gasteiger partial charge in [0.1, 0.15) is 0 Å². The molecule has 0 spiro atoms. The van der Waals surface area contributed by atoms with Gasteiger partial charge in [-0.3, -0.25) is 0 Å². The van der Waals surface area contributed by atoms with Gasteiger partial charge in [0.15, 0.2) is 0 Å². The molecule has 1 aliphatic rings. The minimum absolute atomic E-state index is 0.551. The molecule has 0 aromatic heterocycles. The molecule has 9 heavy (non-hydrogen) atoms. The molecule has 0 bridgehead atoms. The number of rotatable bonds is 1. The average Bonchev–Trinajstić information content (AvgIpc) is 1.89. The van der Waals surface area contributed by atoms with Crippen molar-refractivity contribution >= 4 is 0 Å². The average molecular weight is 120 g/mol. The highest BCUT2D eigenvalue weighted by Crippen LogP contribution is 2.18. The Morgan fingerprint density at radius 2 is 2.00 bits per heavy atom. The third-order valence-electron chi connectivity index (χ3n) is 1.74. The first-order chi connectivity index (χ1) is 4.34. The molecule has 0 saturated heterocycles. The van der Waals surface area contributed by atoms with Gasteiger partial charge < -0.3 is 0 Å². The van der Waals surface area contributed by atoms with E-state index in [1.165, 1.54) is 0 Å². The van der Waals surface area contributed by atoms with E-state index >= 15 is 0 Å². The van der Waals surface area contributed by atoms with E-state index in [1.807, 2.05) is 6.08 Å². The third-order valence-corrected chi connectivity index (χ3v) is 1.74. The van der Waals surface area contributed by atoms with Crippen molar-refractivity contribution in [3.63, 3.8) is 0 Å². The molecule has 2 unspecified atom stereocenters. The van der Waals surface area contributed by atoms with Crippen LogP contribution < -0.4 is 0 Å². The van der Waals surface area contributed by atoms with E-state index in [-0.39, 0.29) is 0 Å². The van der Waals surface area contributed by atoms with Crippen molar-refractivity contribution in [2.75, 3.05) is 0 Å². The lowest BCUT2D eigenvalue weighted by Gasteiger charge is -2.14. The van der Waals surface area contributed by atoms with Gasteiger partial charge in [-0.25, -0.2) is 0 Å². The molecule has 0 saturated carbocycles. The van der Waals surface area contributed by atoms with Gasteiger partial charge in [-0.1, -0.05) is 37.3 Å². The molecular weight excluding hydrogens is 108 g/mol. The Bertz CT molecular complexity index is 151. The van der Waals surface area contributed by atoms with Gasteiger partial charge in [-0.15, -0.1) is 6.58 Å². The summed E-state index contributed by atoms with van der Waals surface area (Å²) >= 11 is 0. The summed E-state index contributed by atoms with van der Waals surface area (Å²) in [4.78, 5) is 0. The van der Waals surface area contributed by atoms with Crippen LogP contribution in [0.3, 0.4) is 0 Å². The van der Waals surface area contributed by atoms with Crippen LogP contribution in [0.25, 0.3) is 0 Å². The molecule has 0 nitrogen and oxygen atoms in total. The molecule has 0 aliphatic heterocycles. The first kappa shape index (κ1) is 6.34. The summed E-state index contributed by atoms with van der Waals surface area (Å²) in [6, 6.07) is 0. The molecule has 0 aromatic carbocycles. The molecule has 0 amide bonds. The zero-order valence-corrected chi connectivity index (χ0v) is 5.75. The first-order valence-electron chi connectivity index (χ1n) is 3.32. The number of allylic oxidation sites excluding steroid dienone is 5. The Hall–Kier alpha value is -0.780. The molecular formula is C9H12. The van der Waals surface area contributed by atoms with Crippen molar-refractivity contribution in [2.45, 2.75) is 6.92 Å². The minimum Gasteiger partial charge on any atom is -0.102 e. The van der Waals surface area contributed by atoms with E-state index in [4.69, 9.17) is 0 Å². The van der Waals surface area contributed by atoms with Gasteiger partial charge in [0.25, 0.3) is 0 Å². The highest BCUT2D eigenvalue weighted by Gasteiger charge is 2.08. The second-order valence-corrected chi connectivity index (χ2v) is 2.44. The second-order valence-electron chi connectivity index (χ2n) is 2.44. The fraction of sp³-hybridized carbons (Fsp3) is 0.333. The van der Waals surface area contributed by atoms with Gasteiger partial charge in [0.2, 0.25) is 0 Å². The monoisotopic (exact) mass is 120 g/mol. The van der Waals surface area contributed by atoms with Crippen molar-refractivity contribution < 1.29 is 0 Å². The molecule has 0 aromatic rings. The van der Waals surface area contributed by atoms with E-state index < -0.39 is 0 Å². The van der Waals surface area contributed by atoms with Crippen molar-refractivity contribution in [1.29, 1.82) is 0 Å². The van der Waals surface area contributed by atoms with E-state index in [1.54, 1.807) is 0 Å². The first-order valence-corrected chi connectivity index (χ1v) is 3.32. The van der Waals surface area contributed by atoms with Crippen LogP contribution in [0, 0.1) is 11.8 Å². The molecule has 1 rings (SSSR count). The lowest BCUT2D eigenvalue weighted by molar-refractivity contribution is 0.607.